The number of rotatable bonds is 1. The first kappa shape index (κ1) is 8.55. The predicted octanol–water partition coefficient (Wildman–Crippen LogP) is 1.65. The maximum absolute atomic E-state index is 13.4. The highest BCUT2D eigenvalue weighted by molar-refractivity contribution is 6.11. The van der Waals surface area contributed by atoms with E-state index in [-0.39, 0.29) is 23.4 Å². The zero-order chi connectivity index (χ0) is 8.93. The topological polar surface area (TPSA) is 9.23 Å². The van der Waals surface area contributed by atoms with Crippen molar-refractivity contribution in [3.05, 3.63) is 0 Å². The van der Waals surface area contributed by atoms with Crippen molar-refractivity contribution in [2.24, 2.45) is 11.8 Å². The van der Waals surface area contributed by atoms with Crippen LogP contribution in [0.3, 0.4) is 0 Å². The highest BCUT2D eigenvalue weighted by Gasteiger charge is 2.59. The molecular weight excluding hydrogens is 154 g/mol. The number of hydrogen-bond acceptors (Lipinski definition) is 1. The average Bonchev–Trinajstić information content (AvgIpc) is 2.37. The zero-order valence-corrected chi connectivity index (χ0v) is 7.59. The van der Waals surface area contributed by atoms with Gasteiger partial charge >= 0.3 is 0 Å². The lowest BCUT2D eigenvalue weighted by atomic mass is 9.81. The molecule has 2 rings (SSSR count). The van der Waals surface area contributed by atoms with Gasteiger partial charge in [0.15, 0.2) is 0 Å². The maximum atomic E-state index is 13.4. The predicted molar refractivity (Wildman–Crippen MR) is 45.8 cm³/mol. The first-order valence-corrected chi connectivity index (χ1v) is 4.68. The number of ether oxygens (including phenoxy) is 1. The minimum Gasteiger partial charge on any atom is -0.381 e. The lowest BCUT2D eigenvalue weighted by molar-refractivity contribution is -0.0671. The molecule has 2 unspecified atom stereocenters. The largest absolute Gasteiger partial charge is 0.381 e. The van der Waals surface area contributed by atoms with E-state index in [0.29, 0.717) is 6.42 Å². The van der Waals surface area contributed by atoms with Crippen LogP contribution in [-0.2, 0) is 4.74 Å². The van der Waals surface area contributed by atoms with Gasteiger partial charge in [-0.15, -0.1) is 0 Å². The minimum absolute atomic E-state index is 0.0649. The summed E-state index contributed by atoms with van der Waals surface area (Å²) in [7, 11) is 5.70. The third kappa shape index (κ3) is 0.833. The molecule has 5 atom stereocenters. The van der Waals surface area contributed by atoms with Gasteiger partial charge in [-0.1, -0.05) is 13.8 Å². The number of hydrogen-bond donors (Lipinski definition) is 0. The summed E-state index contributed by atoms with van der Waals surface area (Å²) in [6.07, 6.45) is 0.672. The molecule has 1 nitrogen and oxygen atoms in total. The molecule has 2 bridgehead atoms. The van der Waals surface area contributed by atoms with E-state index >= 15 is 0 Å². The van der Waals surface area contributed by atoms with Crippen LogP contribution < -0.4 is 0 Å². The molecule has 3 heteroatoms. The summed E-state index contributed by atoms with van der Waals surface area (Å²) in [6.45, 7) is 4.10. The molecule has 0 aromatic rings. The molecule has 0 N–H and O–H groups in total. The zero-order valence-electron chi connectivity index (χ0n) is 7.59. The Morgan fingerprint density at radius 1 is 1.67 bits per heavy atom. The quantitative estimate of drug-likeness (QED) is 0.541. The first-order valence-electron chi connectivity index (χ1n) is 4.68. The standard InChI is InChI=1S/C9H14BFO/c1-3-9-4-6(11)7(5(9)2)8(10)12-9/h5-8H,3-4H2,1-2H3/t5-,6-,7?,8?,9+/m1/s1. The molecule has 2 fully saturated rings. The van der Waals surface area contributed by atoms with Crippen LogP contribution in [0.1, 0.15) is 26.7 Å². The van der Waals surface area contributed by atoms with Gasteiger partial charge in [0.1, 0.15) is 14.0 Å². The SMILES string of the molecule is [B]C1O[C@@]2(CC)C[C@@H](F)C1[C@H]2C. The van der Waals surface area contributed by atoms with Gasteiger partial charge in [0, 0.05) is 18.3 Å². The fourth-order valence-corrected chi connectivity index (χ4v) is 2.86. The molecule has 2 aliphatic rings. The first-order chi connectivity index (χ1) is 5.60. The second-order valence-electron chi connectivity index (χ2n) is 4.09. The van der Waals surface area contributed by atoms with Crippen molar-refractivity contribution in [1.82, 2.24) is 0 Å². The Bertz CT molecular complexity index is 185. The number of halogens is 1. The van der Waals surface area contributed by atoms with E-state index in [2.05, 4.69) is 6.92 Å². The molecule has 12 heavy (non-hydrogen) atoms. The Morgan fingerprint density at radius 2 is 2.33 bits per heavy atom. The van der Waals surface area contributed by atoms with E-state index in [4.69, 9.17) is 12.6 Å². The van der Waals surface area contributed by atoms with Crippen LogP contribution in [0, 0.1) is 11.8 Å². The average molecular weight is 168 g/mol. The van der Waals surface area contributed by atoms with Crippen LogP contribution in [0.4, 0.5) is 4.39 Å². The van der Waals surface area contributed by atoms with E-state index in [0.717, 1.165) is 6.42 Å². The normalized spacial score (nSPS) is 57.9. The highest BCUT2D eigenvalue weighted by atomic mass is 19.1. The molecular formula is C9H14BFO. The fourth-order valence-electron chi connectivity index (χ4n) is 2.86. The summed E-state index contributed by atoms with van der Waals surface area (Å²) in [4.78, 5) is 0. The Hall–Kier alpha value is -0.0451. The third-order valence-corrected chi connectivity index (χ3v) is 3.71. The molecule has 1 saturated carbocycles. The summed E-state index contributed by atoms with van der Waals surface area (Å²) >= 11 is 0. The summed E-state index contributed by atoms with van der Waals surface area (Å²) in [5.41, 5.74) is -0.247. The van der Waals surface area contributed by atoms with E-state index in [1.807, 2.05) is 6.92 Å². The van der Waals surface area contributed by atoms with Gasteiger partial charge in [-0.2, -0.15) is 0 Å². The smallest absolute Gasteiger partial charge is 0.109 e. The van der Waals surface area contributed by atoms with Gasteiger partial charge in [0.05, 0.1) is 5.60 Å². The summed E-state index contributed by atoms with van der Waals surface area (Å²) in [5.74, 6) is 0.220. The molecule has 0 spiro atoms. The van der Waals surface area contributed by atoms with Crippen molar-refractivity contribution in [2.75, 3.05) is 0 Å². The van der Waals surface area contributed by atoms with Crippen LogP contribution in [0.2, 0.25) is 0 Å². The van der Waals surface area contributed by atoms with E-state index in [1.165, 1.54) is 0 Å². The van der Waals surface area contributed by atoms with Crippen molar-refractivity contribution in [3.63, 3.8) is 0 Å². The van der Waals surface area contributed by atoms with E-state index < -0.39 is 6.17 Å². The van der Waals surface area contributed by atoms with Gasteiger partial charge in [-0.3, -0.25) is 0 Å². The van der Waals surface area contributed by atoms with Crippen molar-refractivity contribution >= 4 is 7.85 Å². The molecule has 1 aliphatic carbocycles. The number of fused-ring (bicyclic) bond motifs is 2. The Morgan fingerprint density at radius 3 is 2.67 bits per heavy atom. The second-order valence-corrected chi connectivity index (χ2v) is 4.09. The monoisotopic (exact) mass is 168 g/mol. The van der Waals surface area contributed by atoms with E-state index in [1.54, 1.807) is 0 Å². The van der Waals surface area contributed by atoms with Crippen molar-refractivity contribution in [2.45, 2.75) is 44.5 Å². The molecule has 0 amide bonds. The molecule has 1 aliphatic heterocycles. The van der Waals surface area contributed by atoms with Gasteiger partial charge in [-0.05, 0) is 12.3 Å². The molecule has 1 heterocycles. The maximum Gasteiger partial charge on any atom is 0.109 e. The third-order valence-electron chi connectivity index (χ3n) is 3.71. The van der Waals surface area contributed by atoms with Gasteiger partial charge in [-0.25, -0.2) is 4.39 Å². The van der Waals surface area contributed by atoms with Crippen LogP contribution in [-0.4, -0.2) is 25.6 Å². The Balaban J connectivity index is 2.28. The summed E-state index contributed by atoms with van der Waals surface area (Å²) in [6, 6.07) is -0.372. The van der Waals surface area contributed by atoms with Gasteiger partial charge in [0.25, 0.3) is 0 Å². The summed E-state index contributed by atoms with van der Waals surface area (Å²) < 4.78 is 19.0. The lowest BCUT2D eigenvalue weighted by Crippen LogP contribution is -2.36. The van der Waals surface area contributed by atoms with Crippen molar-refractivity contribution < 1.29 is 9.13 Å². The van der Waals surface area contributed by atoms with Gasteiger partial charge in [0.2, 0.25) is 0 Å². The molecule has 66 valence electrons. The van der Waals surface area contributed by atoms with Crippen LogP contribution in [0.15, 0.2) is 0 Å². The number of alkyl halides is 1. The highest BCUT2D eigenvalue weighted by Crippen LogP contribution is 2.54. The molecule has 0 aromatic heterocycles. The van der Waals surface area contributed by atoms with Gasteiger partial charge < -0.3 is 4.74 Å². The van der Waals surface area contributed by atoms with Crippen LogP contribution in [0.5, 0.6) is 0 Å². The molecule has 1 saturated heterocycles. The van der Waals surface area contributed by atoms with Crippen LogP contribution in [0.25, 0.3) is 0 Å². The molecule has 0 aromatic carbocycles. The second kappa shape index (κ2) is 2.47. The minimum atomic E-state index is -0.747. The Labute approximate surface area is 74.1 Å². The fraction of sp³-hybridized carbons (Fsp3) is 1.00. The summed E-state index contributed by atoms with van der Waals surface area (Å²) in [5, 5.41) is 0. The van der Waals surface area contributed by atoms with Crippen molar-refractivity contribution in [3.8, 4) is 0 Å². The van der Waals surface area contributed by atoms with Crippen LogP contribution >= 0.6 is 0 Å². The molecule has 2 radical (unpaired) electrons. The van der Waals surface area contributed by atoms with Crippen molar-refractivity contribution in [1.29, 1.82) is 0 Å². The Kier molecular flexibility index (Phi) is 1.76. The van der Waals surface area contributed by atoms with E-state index in [9.17, 15) is 4.39 Å². The lowest BCUT2D eigenvalue weighted by Gasteiger charge is -2.31.